The van der Waals surface area contributed by atoms with Crippen molar-refractivity contribution < 1.29 is 0 Å². The fourth-order valence-corrected chi connectivity index (χ4v) is 4.88. The first-order valence-electron chi connectivity index (χ1n) is 8.82. The second-order valence-electron chi connectivity index (χ2n) is 7.05. The van der Waals surface area contributed by atoms with Gasteiger partial charge >= 0.3 is 0 Å². The molecule has 0 aromatic carbocycles. The predicted octanol–water partition coefficient (Wildman–Crippen LogP) is 4.34. The molecule has 0 saturated carbocycles. The fraction of sp³-hybridized carbons (Fsp3) is 0.450. The smallest absolute Gasteiger partial charge is 0.103 e. The second kappa shape index (κ2) is 6.34. The van der Waals surface area contributed by atoms with Crippen LogP contribution in [0.5, 0.6) is 0 Å². The molecule has 126 valence electrons. The van der Waals surface area contributed by atoms with Crippen LogP contribution in [0.1, 0.15) is 33.8 Å². The predicted molar refractivity (Wildman–Crippen MR) is 102 cm³/mol. The van der Waals surface area contributed by atoms with Crippen LogP contribution in [0.25, 0.3) is 10.2 Å². The van der Waals surface area contributed by atoms with Crippen molar-refractivity contribution in [3.63, 3.8) is 0 Å². The van der Waals surface area contributed by atoms with E-state index < -0.39 is 0 Å². The summed E-state index contributed by atoms with van der Waals surface area (Å²) in [6, 6.07) is 6.72. The molecular weight excluding hydrogens is 314 g/mol. The molecule has 4 heterocycles. The zero-order valence-corrected chi connectivity index (χ0v) is 15.6. The monoisotopic (exact) mass is 339 g/mol. The van der Waals surface area contributed by atoms with Gasteiger partial charge < -0.3 is 9.47 Å². The van der Waals surface area contributed by atoms with Gasteiger partial charge in [-0.2, -0.15) is 0 Å². The molecule has 1 aliphatic rings. The van der Waals surface area contributed by atoms with E-state index in [0.717, 1.165) is 25.2 Å². The summed E-state index contributed by atoms with van der Waals surface area (Å²) in [5, 5.41) is 1.50. The highest BCUT2D eigenvalue weighted by atomic mass is 32.1. The van der Waals surface area contributed by atoms with Gasteiger partial charge in [0.15, 0.2) is 0 Å². The zero-order valence-electron chi connectivity index (χ0n) is 14.8. The van der Waals surface area contributed by atoms with Gasteiger partial charge in [-0.05, 0) is 57.0 Å². The Hall–Kier alpha value is -1.65. The van der Waals surface area contributed by atoms with Gasteiger partial charge in [-0.15, -0.1) is 11.3 Å². The van der Waals surface area contributed by atoms with Gasteiger partial charge in [0.1, 0.15) is 4.83 Å². The number of hydrogen-bond donors (Lipinski definition) is 0. The zero-order chi connectivity index (χ0) is 16.7. The average molecular weight is 340 g/mol. The molecule has 0 radical (unpaired) electrons. The minimum Gasteiger partial charge on any atom is -0.336 e. The second-order valence-corrected chi connectivity index (χ2v) is 8.29. The van der Waals surface area contributed by atoms with E-state index in [2.05, 4.69) is 46.6 Å². The summed E-state index contributed by atoms with van der Waals surface area (Å²) in [6.07, 6.45) is 5.48. The van der Waals surface area contributed by atoms with Crippen molar-refractivity contribution >= 4 is 21.6 Å². The molecule has 0 spiro atoms. The summed E-state index contributed by atoms with van der Waals surface area (Å²) in [4.78, 5) is 9.76. The molecule has 0 atom stereocenters. The molecule has 4 heteroatoms. The number of fused-ring (bicyclic) bond motifs is 3. The third-order valence-corrected chi connectivity index (χ3v) is 6.13. The third kappa shape index (κ3) is 2.89. The molecule has 3 nitrogen and oxygen atoms in total. The number of hydrogen-bond acceptors (Lipinski definition) is 3. The van der Waals surface area contributed by atoms with Crippen LogP contribution in [0, 0.1) is 13.8 Å². The molecule has 1 aliphatic heterocycles. The van der Waals surface area contributed by atoms with Crippen molar-refractivity contribution in [2.45, 2.75) is 46.2 Å². The Morgan fingerprint density at radius 2 is 2.12 bits per heavy atom. The Morgan fingerprint density at radius 3 is 2.92 bits per heavy atom. The Labute approximate surface area is 147 Å². The first kappa shape index (κ1) is 15.9. The lowest BCUT2D eigenvalue weighted by atomic mass is 10.1. The van der Waals surface area contributed by atoms with E-state index in [4.69, 9.17) is 0 Å². The highest BCUT2D eigenvalue weighted by Gasteiger charge is 2.23. The van der Waals surface area contributed by atoms with Crippen molar-refractivity contribution in [1.29, 1.82) is 0 Å². The maximum Gasteiger partial charge on any atom is 0.103 e. The van der Waals surface area contributed by atoms with Crippen molar-refractivity contribution in [1.82, 2.24) is 14.5 Å². The standard InChI is InChI=1S/C20H25N3S/c1-14-6-7-16(12-21-14)5-4-9-23-19-8-10-22(3)13-18(19)17-11-15(2)24-20(17)23/h6-7,11-12H,4-5,8-10,13H2,1-3H3. The van der Waals surface area contributed by atoms with Gasteiger partial charge in [-0.3, -0.25) is 4.98 Å². The third-order valence-electron chi connectivity index (χ3n) is 5.06. The molecule has 0 fully saturated rings. The minimum absolute atomic E-state index is 1.09. The number of aromatic nitrogens is 2. The molecule has 0 bridgehead atoms. The van der Waals surface area contributed by atoms with E-state index in [1.54, 1.807) is 11.3 Å². The maximum absolute atomic E-state index is 4.42. The molecule has 24 heavy (non-hydrogen) atoms. The molecule has 0 amide bonds. The van der Waals surface area contributed by atoms with Crippen LogP contribution in [0.15, 0.2) is 24.4 Å². The van der Waals surface area contributed by atoms with Gasteiger partial charge in [0.05, 0.1) is 0 Å². The van der Waals surface area contributed by atoms with E-state index in [1.807, 2.05) is 24.5 Å². The largest absolute Gasteiger partial charge is 0.336 e. The van der Waals surface area contributed by atoms with Crippen LogP contribution >= 0.6 is 11.3 Å². The molecule has 0 N–H and O–H groups in total. The summed E-state index contributed by atoms with van der Waals surface area (Å²) in [6.45, 7) is 7.65. The lowest BCUT2D eigenvalue weighted by Gasteiger charge is -2.24. The number of aryl methyl sites for hydroxylation is 4. The highest BCUT2D eigenvalue weighted by Crippen LogP contribution is 2.36. The van der Waals surface area contributed by atoms with E-state index in [9.17, 15) is 0 Å². The van der Waals surface area contributed by atoms with Crippen molar-refractivity contribution in [2.24, 2.45) is 0 Å². The van der Waals surface area contributed by atoms with Crippen LogP contribution in [0.3, 0.4) is 0 Å². The molecule has 0 aliphatic carbocycles. The van der Waals surface area contributed by atoms with Crippen LogP contribution in [0.4, 0.5) is 0 Å². The van der Waals surface area contributed by atoms with Gasteiger partial charge in [0, 0.05) is 53.9 Å². The van der Waals surface area contributed by atoms with Crippen molar-refractivity contribution in [3.05, 3.63) is 51.8 Å². The summed E-state index contributed by atoms with van der Waals surface area (Å²) >= 11 is 1.95. The maximum atomic E-state index is 4.42. The van der Waals surface area contributed by atoms with Crippen LogP contribution in [-0.2, 0) is 25.9 Å². The summed E-state index contributed by atoms with van der Waals surface area (Å²) < 4.78 is 2.61. The lowest BCUT2D eigenvalue weighted by Crippen LogP contribution is -2.27. The Balaban J connectivity index is 1.58. The first-order valence-corrected chi connectivity index (χ1v) is 9.64. The Kier molecular flexibility index (Phi) is 4.19. The van der Waals surface area contributed by atoms with E-state index in [1.165, 1.54) is 40.0 Å². The quantitative estimate of drug-likeness (QED) is 0.705. The highest BCUT2D eigenvalue weighted by molar-refractivity contribution is 7.18. The number of rotatable bonds is 4. The van der Waals surface area contributed by atoms with Gasteiger partial charge in [-0.1, -0.05) is 6.07 Å². The average Bonchev–Trinajstić information content (AvgIpc) is 3.06. The molecular formula is C20H25N3S. The first-order chi connectivity index (χ1) is 11.6. The molecule has 0 saturated heterocycles. The molecule has 4 rings (SSSR count). The number of pyridine rings is 1. The SMILES string of the molecule is Cc1ccc(CCCn2c3c(c4cc(C)sc42)CN(C)CC3)cn1. The van der Waals surface area contributed by atoms with Crippen LogP contribution < -0.4 is 0 Å². The van der Waals surface area contributed by atoms with Crippen molar-refractivity contribution in [2.75, 3.05) is 13.6 Å². The molecule has 3 aromatic heterocycles. The Bertz CT molecular complexity index is 857. The molecule has 3 aromatic rings. The Morgan fingerprint density at radius 1 is 1.25 bits per heavy atom. The van der Waals surface area contributed by atoms with Crippen LogP contribution in [-0.4, -0.2) is 28.0 Å². The van der Waals surface area contributed by atoms with Gasteiger partial charge in [0.2, 0.25) is 0 Å². The molecule has 0 unspecified atom stereocenters. The normalized spacial score (nSPS) is 15.1. The summed E-state index contributed by atoms with van der Waals surface area (Å²) in [5.41, 5.74) is 5.59. The summed E-state index contributed by atoms with van der Waals surface area (Å²) in [7, 11) is 2.23. The van der Waals surface area contributed by atoms with E-state index in [-0.39, 0.29) is 0 Å². The lowest BCUT2D eigenvalue weighted by molar-refractivity contribution is 0.309. The number of nitrogens with zero attached hydrogens (tertiary/aromatic N) is 3. The van der Waals surface area contributed by atoms with Crippen molar-refractivity contribution in [3.8, 4) is 0 Å². The topological polar surface area (TPSA) is 21.1 Å². The van der Waals surface area contributed by atoms with Gasteiger partial charge in [0.25, 0.3) is 0 Å². The fourth-order valence-electron chi connectivity index (χ4n) is 3.79. The van der Waals surface area contributed by atoms with E-state index in [0.29, 0.717) is 0 Å². The minimum atomic E-state index is 1.09. The van der Waals surface area contributed by atoms with E-state index >= 15 is 0 Å². The van der Waals surface area contributed by atoms with Gasteiger partial charge in [-0.25, -0.2) is 0 Å². The van der Waals surface area contributed by atoms with Crippen LogP contribution in [0.2, 0.25) is 0 Å². The number of likely N-dealkylation sites (N-methyl/N-ethyl adjacent to an activating group) is 1. The summed E-state index contributed by atoms with van der Waals surface area (Å²) in [5.74, 6) is 0. The number of thiophene rings is 1.